The second-order valence-electron chi connectivity index (χ2n) is 9.80. The van der Waals surface area contributed by atoms with Gasteiger partial charge < -0.3 is 14.8 Å². The first-order valence-electron chi connectivity index (χ1n) is 12.1. The number of hydrogen-bond acceptors (Lipinski definition) is 6. The summed E-state index contributed by atoms with van der Waals surface area (Å²) in [6.45, 7) is 8.17. The number of carbonyl (C=O) groups excluding carboxylic acids is 1. The molecule has 1 aliphatic rings. The van der Waals surface area contributed by atoms with Gasteiger partial charge in [0.1, 0.15) is 0 Å². The molecule has 7 nitrogen and oxygen atoms in total. The van der Waals surface area contributed by atoms with Crippen LogP contribution in [0.15, 0.2) is 53.4 Å². The van der Waals surface area contributed by atoms with Gasteiger partial charge in [0.05, 0.1) is 30.3 Å². The Labute approximate surface area is 209 Å². The number of rotatable bonds is 11. The zero-order valence-electron chi connectivity index (χ0n) is 21.1. The molecule has 3 rings (SSSR count). The van der Waals surface area contributed by atoms with Gasteiger partial charge in [0.15, 0.2) is 5.79 Å². The number of carbonyl (C=O) groups is 1. The standard InChI is InChI=1S/C27H37NO6S/c1-21-8-14-25(15-9-21)35(30,31)34-18-6-5-7-23-10-12-24(13-11-23)16-17-27(28-22(2)29)19-32-26(3,4)33-20-27/h8-15H,5-7,16-20H2,1-4H3,(H,28,29). The molecule has 0 bridgehead atoms. The Bertz CT molecular complexity index is 1070. The van der Waals surface area contributed by atoms with E-state index in [1.807, 2.05) is 20.8 Å². The molecule has 0 unspecified atom stereocenters. The third kappa shape index (κ3) is 8.42. The van der Waals surface area contributed by atoms with Crippen molar-refractivity contribution in [2.45, 2.75) is 76.0 Å². The van der Waals surface area contributed by atoms with Crippen molar-refractivity contribution in [1.82, 2.24) is 5.32 Å². The Morgan fingerprint density at radius 1 is 0.943 bits per heavy atom. The zero-order valence-corrected chi connectivity index (χ0v) is 21.9. The van der Waals surface area contributed by atoms with Crippen LogP contribution in [0.25, 0.3) is 0 Å². The molecule has 2 aromatic rings. The molecule has 0 spiro atoms. The van der Waals surface area contributed by atoms with Crippen molar-refractivity contribution in [3.63, 3.8) is 0 Å². The summed E-state index contributed by atoms with van der Waals surface area (Å²) >= 11 is 0. The summed E-state index contributed by atoms with van der Waals surface area (Å²) in [6.07, 6.45) is 3.84. The van der Waals surface area contributed by atoms with Crippen molar-refractivity contribution in [2.24, 2.45) is 0 Å². The first kappa shape index (κ1) is 27.3. The SMILES string of the molecule is CC(=O)NC1(CCc2ccc(CCCCOS(=O)(=O)c3ccc(C)cc3)cc2)COC(C)(C)OC1. The second-order valence-corrected chi connectivity index (χ2v) is 11.4. The first-order chi connectivity index (χ1) is 16.5. The minimum Gasteiger partial charge on any atom is -0.348 e. The number of aryl methyl sites for hydroxylation is 3. The largest absolute Gasteiger partial charge is 0.348 e. The normalized spacial score (nSPS) is 17.1. The van der Waals surface area contributed by atoms with Gasteiger partial charge in [-0.05, 0) is 76.1 Å². The highest BCUT2D eigenvalue weighted by Crippen LogP contribution is 2.27. The number of benzene rings is 2. The molecule has 35 heavy (non-hydrogen) atoms. The van der Waals surface area contributed by atoms with Gasteiger partial charge in [-0.2, -0.15) is 8.42 Å². The molecule has 1 N–H and O–H groups in total. The van der Waals surface area contributed by atoms with Crippen LogP contribution in [0, 0.1) is 6.92 Å². The maximum Gasteiger partial charge on any atom is 0.296 e. The van der Waals surface area contributed by atoms with Crippen LogP contribution in [0.2, 0.25) is 0 Å². The molecule has 1 amide bonds. The maximum absolute atomic E-state index is 12.2. The molecule has 8 heteroatoms. The van der Waals surface area contributed by atoms with E-state index < -0.39 is 21.4 Å². The summed E-state index contributed by atoms with van der Waals surface area (Å²) in [7, 11) is -3.71. The predicted octanol–water partition coefficient (Wildman–Crippen LogP) is 4.31. The van der Waals surface area contributed by atoms with Crippen LogP contribution < -0.4 is 5.32 Å². The number of hydrogen-bond donors (Lipinski definition) is 1. The van der Waals surface area contributed by atoms with Gasteiger partial charge >= 0.3 is 0 Å². The molecule has 0 radical (unpaired) electrons. The molecule has 2 aromatic carbocycles. The number of unbranched alkanes of at least 4 members (excludes halogenated alkanes) is 1. The molecular formula is C27H37NO6S. The monoisotopic (exact) mass is 503 g/mol. The lowest BCUT2D eigenvalue weighted by atomic mass is 9.91. The Balaban J connectivity index is 1.42. The molecule has 0 atom stereocenters. The molecule has 0 aromatic heterocycles. The zero-order chi connectivity index (χ0) is 25.5. The lowest BCUT2D eigenvalue weighted by Crippen LogP contribution is -2.60. The van der Waals surface area contributed by atoms with E-state index in [4.69, 9.17) is 13.7 Å². The minimum atomic E-state index is -3.71. The average Bonchev–Trinajstić information content (AvgIpc) is 2.80. The van der Waals surface area contributed by atoms with E-state index in [1.165, 1.54) is 18.1 Å². The smallest absolute Gasteiger partial charge is 0.296 e. The molecule has 1 saturated heterocycles. The molecule has 0 aliphatic carbocycles. The average molecular weight is 504 g/mol. The summed E-state index contributed by atoms with van der Waals surface area (Å²) in [5, 5.41) is 3.03. The fourth-order valence-corrected chi connectivity index (χ4v) is 4.93. The quantitative estimate of drug-likeness (QED) is 0.363. The van der Waals surface area contributed by atoms with Crippen LogP contribution in [-0.2, 0) is 41.4 Å². The maximum atomic E-state index is 12.2. The third-order valence-corrected chi connectivity index (χ3v) is 7.48. The van der Waals surface area contributed by atoms with Crippen LogP contribution in [0.1, 0.15) is 56.7 Å². The van der Waals surface area contributed by atoms with E-state index in [1.54, 1.807) is 24.3 Å². The highest BCUT2D eigenvalue weighted by Gasteiger charge is 2.40. The Kier molecular flexibility index (Phi) is 9.10. The van der Waals surface area contributed by atoms with Crippen LogP contribution in [-0.4, -0.2) is 45.5 Å². The highest BCUT2D eigenvalue weighted by molar-refractivity contribution is 7.86. The molecule has 192 valence electrons. The van der Waals surface area contributed by atoms with Crippen molar-refractivity contribution in [3.05, 3.63) is 65.2 Å². The van der Waals surface area contributed by atoms with Crippen molar-refractivity contribution < 1.29 is 26.9 Å². The lowest BCUT2D eigenvalue weighted by Gasteiger charge is -2.43. The molecule has 1 fully saturated rings. The Hall–Kier alpha value is -2.26. The summed E-state index contributed by atoms with van der Waals surface area (Å²) in [6, 6.07) is 15.1. The number of ether oxygens (including phenoxy) is 2. The van der Waals surface area contributed by atoms with Gasteiger partial charge in [0.2, 0.25) is 5.91 Å². The predicted molar refractivity (Wildman–Crippen MR) is 135 cm³/mol. The van der Waals surface area contributed by atoms with Crippen molar-refractivity contribution in [3.8, 4) is 0 Å². The molecular weight excluding hydrogens is 466 g/mol. The fourth-order valence-electron chi connectivity index (χ4n) is 3.99. The lowest BCUT2D eigenvalue weighted by molar-refractivity contribution is -0.271. The van der Waals surface area contributed by atoms with Crippen molar-refractivity contribution >= 4 is 16.0 Å². The van der Waals surface area contributed by atoms with E-state index in [0.29, 0.717) is 19.6 Å². The number of amides is 1. The number of nitrogens with one attached hydrogen (secondary N) is 1. The van der Waals surface area contributed by atoms with E-state index in [0.717, 1.165) is 31.2 Å². The topological polar surface area (TPSA) is 90.9 Å². The van der Waals surface area contributed by atoms with E-state index >= 15 is 0 Å². The van der Waals surface area contributed by atoms with Gasteiger partial charge in [-0.25, -0.2) is 0 Å². The third-order valence-electron chi connectivity index (χ3n) is 6.16. The summed E-state index contributed by atoms with van der Waals surface area (Å²) in [5.41, 5.74) is 2.84. The molecule has 0 saturated carbocycles. The van der Waals surface area contributed by atoms with E-state index in [9.17, 15) is 13.2 Å². The van der Waals surface area contributed by atoms with E-state index in [-0.39, 0.29) is 17.4 Å². The fraction of sp³-hybridized carbons (Fsp3) is 0.519. The van der Waals surface area contributed by atoms with Crippen molar-refractivity contribution in [2.75, 3.05) is 19.8 Å². The van der Waals surface area contributed by atoms with Crippen molar-refractivity contribution in [1.29, 1.82) is 0 Å². The van der Waals surface area contributed by atoms with Gasteiger partial charge in [-0.15, -0.1) is 0 Å². The van der Waals surface area contributed by atoms with Crippen LogP contribution in [0.5, 0.6) is 0 Å². The van der Waals surface area contributed by atoms with E-state index in [2.05, 4.69) is 29.6 Å². The van der Waals surface area contributed by atoms with Gasteiger partial charge in [-0.1, -0.05) is 42.0 Å². The minimum absolute atomic E-state index is 0.0945. The first-order valence-corrected chi connectivity index (χ1v) is 13.5. The van der Waals surface area contributed by atoms with Gasteiger partial charge in [0, 0.05) is 6.92 Å². The van der Waals surface area contributed by atoms with Crippen LogP contribution in [0.4, 0.5) is 0 Å². The van der Waals surface area contributed by atoms with Crippen LogP contribution in [0.3, 0.4) is 0 Å². The molecule has 1 aliphatic heterocycles. The summed E-state index contributed by atoms with van der Waals surface area (Å²) in [4.78, 5) is 11.9. The van der Waals surface area contributed by atoms with Crippen LogP contribution >= 0.6 is 0 Å². The Morgan fingerprint density at radius 2 is 1.51 bits per heavy atom. The Morgan fingerprint density at radius 3 is 2.09 bits per heavy atom. The second kappa shape index (κ2) is 11.6. The van der Waals surface area contributed by atoms with Gasteiger partial charge in [0.25, 0.3) is 10.1 Å². The molecule has 1 heterocycles. The summed E-state index contributed by atoms with van der Waals surface area (Å²) in [5.74, 6) is -0.734. The highest BCUT2D eigenvalue weighted by atomic mass is 32.2. The van der Waals surface area contributed by atoms with Gasteiger partial charge in [-0.3, -0.25) is 8.98 Å². The summed E-state index contributed by atoms with van der Waals surface area (Å²) < 4.78 is 41.3.